The molecule has 1 atom stereocenters. The van der Waals surface area contributed by atoms with Gasteiger partial charge in [-0.15, -0.1) is 0 Å². The van der Waals surface area contributed by atoms with Gasteiger partial charge in [-0.3, -0.25) is 9.59 Å². The first kappa shape index (κ1) is 21.0. The van der Waals surface area contributed by atoms with E-state index in [1.54, 1.807) is 6.07 Å². The van der Waals surface area contributed by atoms with Gasteiger partial charge in [0.25, 0.3) is 5.91 Å². The van der Waals surface area contributed by atoms with Crippen molar-refractivity contribution < 1.29 is 22.7 Å². The van der Waals surface area contributed by atoms with E-state index in [2.05, 4.69) is 11.4 Å². The fourth-order valence-electron chi connectivity index (χ4n) is 4.68. The summed E-state index contributed by atoms with van der Waals surface area (Å²) in [5, 5.41) is 2.65. The first-order chi connectivity index (χ1) is 15.4. The number of anilines is 1. The van der Waals surface area contributed by atoms with Crippen LogP contribution in [0, 0.1) is 5.92 Å². The predicted molar refractivity (Wildman–Crippen MR) is 118 cm³/mol. The molecule has 1 N–H and O–H groups in total. The highest BCUT2D eigenvalue weighted by Gasteiger charge is 2.36. The highest BCUT2D eigenvalue weighted by Crippen LogP contribution is 2.33. The zero-order chi connectivity index (χ0) is 22.3. The van der Waals surface area contributed by atoms with E-state index in [-0.39, 0.29) is 35.8 Å². The quantitative estimate of drug-likeness (QED) is 0.764. The number of nitrogens with zero attached hydrogens (tertiary/aromatic N) is 2. The van der Waals surface area contributed by atoms with Crippen molar-refractivity contribution in [3.8, 4) is 5.75 Å². The Kier molecular flexibility index (Phi) is 5.38. The summed E-state index contributed by atoms with van der Waals surface area (Å²) >= 11 is 0. The number of hydrogen-bond acceptors (Lipinski definition) is 5. The Labute approximate surface area is 187 Å². The van der Waals surface area contributed by atoms with Crippen molar-refractivity contribution in [3.63, 3.8) is 0 Å². The van der Waals surface area contributed by atoms with Gasteiger partial charge in [-0.25, -0.2) is 8.42 Å². The Bertz CT molecular complexity index is 1180. The van der Waals surface area contributed by atoms with Gasteiger partial charge in [-0.05, 0) is 48.6 Å². The van der Waals surface area contributed by atoms with Gasteiger partial charge < -0.3 is 15.0 Å². The second-order valence-electron chi connectivity index (χ2n) is 8.48. The van der Waals surface area contributed by atoms with Gasteiger partial charge in [0.1, 0.15) is 5.75 Å². The zero-order valence-electron chi connectivity index (χ0n) is 17.6. The maximum Gasteiger partial charge on any atom is 0.262 e. The van der Waals surface area contributed by atoms with E-state index in [1.165, 1.54) is 22.0 Å². The van der Waals surface area contributed by atoms with E-state index < -0.39 is 10.0 Å². The molecule has 0 saturated carbocycles. The molecule has 1 unspecified atom stereocenters. The molecule has 3 aliphatic rings. The number of ether oxygens (including phenoxy) is 1. The standard InChI is InChI=1S/C23H25N3O5S/c27-22-15-31-21-8-7-19(12-20(21)24-22)32(29,30)26-10-3-6-18(14-26)23(28)25-11-9-16-4-1-2-5-17(16)13-25/h1-2,4-5,7-8,12,18H,3,6,9-11,13-15H2,(H,24,27). The van der Waals surface area contributed by atoms with Crippen LogP contribution in [0.25, 0.3) is 0 Å². The van der Waals surface area contributed by atoms with Crippen LogP contribution in [0.15, 0.2) is 47.4 Å². The molecule has 0 spiro atoms. The van der Waals surface area contributed by atoms with Gasteiger partial charge in [0.2, 0.25) is 15.9 Å². The lowest BCUT2D eigenvalue weighted by Crippen LogP contribution is -2.47. The first-order valence-corrected chi connectivity index (χ1v) is 12.3. The van der Waals surface area contributed by atoms with Gasteiger partial charge >= 0.3 is 0 Å². The van der Waals surface area contributed by atoms with Gasteiger partial charge in [0, 0.05) is 26.2 Å². The highest BCUT2D eigenvalue weighted by atomic mass is 32.2. The predicted octanol–water partition coefficient (Wildman–Crippen LogP) is 2.00. The third-order valence-corrected chi connectivity index (χ3v) is 8.26. The van der Waals surface area contributed by atoms with Crippen LogP contribution in [-0.4, -0.2) is 55.7 Å². The summed E-state index contributed by atoms with van der Waals surface area (Å²) in [6, 6.07) is 12.6. The monoisotopic (exact) mass is 455 g/mol. The van der Waals surface area contributed by atoms with Gasteiger partial charge in [-0.1, -0.05) is 24.3 Å². The van der Waals surface area contributed by atoms with Crippen molar-refractivity contribution in [1.29, 1.82) is 0 Å². The molecule has 1 fully saturated rings. The van der Waals surface area contributed by atoms with Crippen molar-refractivity contribution >= 4 is 27.5 Å². The summed E-state index contributed by atoms with van der Waals surface area (Å²) in [4.78, 5) is 26.8. The number of amides is 2. The minimum absolute atomic E-state index is 0.0190. The maximum atomic E-state index is 13.3. The third-order valence-electron chi connectivity index (χ3n) is 6.40. The molecule has 2 amide bonds. The topological polar surface area (TPSA) is 96.0 Å². The minimum Gasteiger partial charge on any atom is -0.482 e. The molecule has 8 nitrogen and oxygen atoms in total. The Hall–Kier alpha value is -2.91. The number of nitrogens with one attached hydrogen (secondary N) is 1. The molecule has 0 aromatic heterocycles. The summed E-state index contributed by atoms with van der Waals surface area (Å²) in [6.45, 7) is 1.68. The molecular formula is C23H25N3O5S. The van der Waals surface area contributed by atoms with Gasteiger partial charge in [0.15, 0.2) is 6.61 Å². The maximum absolute atomic E-state index is 13.3. The molecule has 5 rings (SSSR count). The number of piperidine rings is 1. The molecule has 3 aliphatic heterocycles. The molecule has 32 heavy (non-hydrogen) atoms. The van der Waals surface area contributed by atoms with Crippen LogP contribution in [0.4, 0.5) is 5.69 Å². The fraction of sp³-hybridized carbons (Fsp3) is 0.391. The number of rotatable bonds is 3. The lowest BCUT2D eigenvalue weighted by Gasteiger charge is -2.36. The Morgan fingerprint density at radius 2 is 1.91 bits per heavy atom. The molecule has 168 valence electrons. The zero-order valence-corrected chi connectivity index (χ0v) is 18.4. The lowest BCUT2D eigenvalue weighted by molar-refractivity contribution is -0.137. The fourth-order valence-corrected chi connectivity index (χ4v) is 6.23. The molecule has 0 radical (unpaired) electrons. The van der Waals surface area contributed by atoms with Crippen LogP contribution in [0.2, 0.25) is 0 Å². The number of benzene rings is 2. The van der Waals surface area contributed by atoms with Crippen LogP contribution in [0.3, 0.4) is 0 Å². The lowest BCUT2D eigenvalue weighted by atomic mass is 9.95. The normalized spacial score (nSPS) is 21.2. The smallest absolute Gasteiger partial charge is 0.262 e. The van der Waals surface area contributed by atoms with Gasteiger partial charge in [0.05, 0.1) is 16.5 Å². The van der Waals surface area contributed by atoms with Gasteiger partial charge in [-0.2, -0.15) is 4.31 Å². The number of fused-ring (bicyclic) bond motifs is 2. The molecule has 3 heterocycles. The number of carbonyl (C=O) groups is 2. The van der Waals surface area contributed by atoms with Crippen LogP contribution in [0.1, 0.15) is 24.0 Å². The molecule has 2 aromatic rings. The van der Waals surface area contributed by atoms with E-state index in [0.717, 1.165) is 12.0 Å². The number of hydrogen-bond donors (Lipinski definition) is 1. The second-order valence-corrected chi connectivity index (χ2v) is 10.4. The SMILES string of the molecule is O=C1COc2ccc(S(=O)(=O)N3CCCC(C(=O)N4CCc5ccccc5C4)C3)cc2N1. The molecular weight excluding hydrogens is 430 g/mol. The van der Waals surface area contributed by atoms with E-state index in [1.807, 2.05) is 23.1 Å². The average molecular weight is 456 g/mol. The van der Waals surface area contributed by atoms with E-state index in [0.29, 0.717) is 43.9 Å². The summed E-state index contributed by atoms with van der Waals surface area (Å²) in [5.41, 5.74) is 2.78. The van der Waals surface area contributed by atoms with Crippen LogP contribution in [0.5, 0.6) is 5.75 Å². The van der Waals surface area contributed by atoms with E-state index in [9.17, 15) is 18.0 Å². The minimum atomic E-state index is -3.80. The highest BCUT2D eigenvalue weighted by molar-refractivity contribution is 7.89. The van der Waals surface area contributed by atoms with Crippen LogP contribution < -0.4 is 10.1 Å². The summed E-state index contributed by atoms with van der Waals surface area (Å²) < 4.78 is 33.3. The molecule has 0 bridgehead atoms. The summed E-state index contributed by atoms with van der Waals surface area (Å²) in [7, 11) is -3.80. The van der Waals surface area contributed by atoms with E-state index in [4.69, 9.17) is 4.74 Å². The van der Waals surface area contributed by atoms with Crippen molar-refractivity contribution in [3.05, 3.63) is 53.6 Å². The third kappa shape index (κ3) is 3.86. The second kappa shape index (κ2) is 8.22. The summed E-state index contributed by atoms with van der Waals surface area (Å²) in [5.74, 6) is -0.214. The van der Waals surface area contributed by atoms with Crippen LogP contribution >= 0.6 is 0 Å². The molecule has 9 heteroatoms. The van der Waals surface area contributed by atoms with Crippen molar-refractivity contribution in [2.24, 2.45) is 5.92 Å². The Balaban J connectivity index is 1.32. The molecule has 0 aliphatic carbocycles. The first-order valence-electron chi connectivity index (χ1n) is 10.8. The molecule has 1 saturated heterocycles. The Morgan fingerprint density at radius 1 is 1.09 bits per heavy atom. The van der Waals surface area contributed by atoms with Crippen molar-refractivity contribution in [2.45, 2.75) is 30.7 Å². The van der Waals surface area contributed by atoms with Crippen molar-refractivity contribution in [2.75, 3.05) is 31.6 Å². The summed E-state index contributed by atoms with van der Waals surface area (Å²) in [6.07, 6.45) is 2.13. The van der Waals surface area contributed by atoms with Crippen LogP contribution in [-0.2, 0) is 32.6 Å². The Morgan fingerprint density at radius 3 is 2.75 bits per heavy atom. The number of sulfonamides is 1. The van der Waals surface area contributed by atoms with Crippen molar-refractivity contribution in [1.82, 2.24) is 9.21 Å². The average Bonchev–Trinajstić information content (AvgIpc) is 2.82. The number of carbonyl (C=O) groups excluding carboxylic acids is 2. The van der Waals surface area contributed by atoms with E-state index >= 15 is 0 Å². The molecule has 2 aromatic carbocycles. The largest absolute Gasteiger partial charge is 0.482 e.